The van der Waals surface area contributed by atoms with Crippen LogP contribution < -0.4 is 14.1 Å². The van der Waals surface area contributed by atoms with Crippen molar-refractivity contribution in [2.24, 2.45) is 0 Å². The summed E-state index contributed by atoms with van der Waals surface area (Å²) in [5.74, 6) is -0.606. The lowest BCUT2D eigenvalue weighted by Crippen LogP contribution is -2.51. The fourth-order valence-corrected chi connectivity index (χ4v) is 3.60. The molecule has 3 rings (SSSR count). The molecule has 1 aliphatic heterocycles. The van der Waals surface area contributed by atoms with Crippen LogP contribution in [0.15, 0.2) is 24.3 Å². The number of nitrogens with zero attached hydrogens (tertiary/aromatic N) is 4. The zero-order chi connectivity index (χ0) is 19.6. The molecule has 146 valence electrons. The summed E-state index contributed by atoms with van der Waals surface area (Å²) in [4.78, 5) is 6.49. The molecule has 1 saturated heterocycles. The first-order valence-electron chi connectivity index (χ1n) is 8.92. The van der Waals surface area contributed by atoms with Crippen LogP contribution in [0.3, 0.4) is 0 Å². The van der Waals surface area contributed by atoms with E-state index in [1.54, 1.807) is 11.5 Å². The summed E-state index contributed by atoms with van der Waals surface area (Å²) >= 11 is 4.66. The largest absolute Gasteiger partial charge is 0.479 e. The van der Waals surface area contributed by atoms with Gasteiger partial charge in [0.2, 0.25) is 5.88 Å². The van der Waals surface area contributed by atoms with Crippen molar-refractivity contribution in [1.29, 1.82) is 0 Å². The number of thiol groups is 1. The number of benzene rings is 1. The Bertz CT molecular complexity index is 792. The van der Waals surface area contributed by atoms with Crippen LogP contribution in [0.5, 0.6) is 5.88 Å². The molecule has 2 heterocycles. The lowest BCUT2D eigenvalue weighted by molar-refractivity contribution is 0.275. The third-order valence-electron chi connectivity index (χ3n) is 4.79. The Morgan fingerprint density at radius 3 is 2.30 bits per heavy atom. The zero-order valence-electron chi connectivity index (χ0n) is 15.7. The third kappa shape index (κ3) is 4.27. The molecule has 0 saturated carbocycles. The van der Waals surface area contributed by atoms with Crippen molar-refractivity contribution in [1.82, 2.24) is 9.99 Å². The predicted octanol–water partition coefficient (Wildman–Crippen LogP) is 3.63. The van der Waals surface area contributed by atoms with E-state index < -0.39 is 11.6 Å². The lowest BCUT2D eigenvalue weighted by Gasteiger charge is -2.40. The predicted molar refractivity (Wildman–Crippen MR) is 107 cm³/mol. The first-order valence-corrected chi connectivity index (χ1v) is 9.32. The monoisotopic (exact) mass is 394 g/mol. The van der Waals surface area contributed by atoms with Crippen LogP contribution in [-0.4, -0.2) is 43.3 Å². The quantitative estimate of drug-likeness (QED) is 0.783. The molecule has 1 aromatic heterocycles. The van der Waals surface area contributed by atoms with E-state index in [0.29, 0.717) is 37.7 Å². The van der Waals surface area contributed by atoms with Crippen LogP contribution in [0.4, 0.5) is 20.2 Å². The number of piperazine rings is 1. The number of aromatic nitrogens is 1. The number of pyridine rings is 1. The maximum Gasteiger partial charge on any atom is 0.240 e. The van der Waals surface area contributed by atoms with Crippen LogP contribution in [0, 0.1) is 18.6 Å². The molecule has 8 heteroatoms. The molecule has 0 spiro atoms. The average Bonchev–Trinajstić information content (AvgIpc) is 2.66. The smallest absolute Gasteiger partial charge is 0.240 e. The molecule has 0 unspecified atom stereocenters. The van der Waals surface area contributed by atoms with Crippen LogP contribution in [-0.2, 0) is 6.42 Å². The summed E-state index contributed by atoms with van der Waals surface area (Å²) in [6.45, 7) is 6.61. The van der Waals surface area contributed by atoms with Gasteiger partial charge in [0.05, 0.1) is 7.11 Å². The van der Waals surface area contributed by atoms with E-state index in [1.165, 1.54) is 12.1 Å². The summed E-state index contributed by atoms with van der Waals surface area (Å²) in [6.07, 6.45) is 0.871. The summed E-state index contributed by atoms with van der Waals surface area (Å²) in [5, 5.41) is 2.06. The van der Waals surface area contributed by atoms with Gasteiger partial charge in [0, 0.05) is 43.6 Å². The number of aryl methyl sites for hydroxylation is 2. The van der Waals surface area contributed by atoms with E-state index in [1.807, 2.05) is 17.9 Å². The maximum absolute atomic E-state index is 13.5. The van der Waals surface area contributed by atoms with Gasteiger partial charge in [0.15, 0.2) is 0 Å². The Morgan fingerprint density at radius 1 is 1.11 bits per heavy atom. The number of rotatable bonds is 5. The molecule has 0 amide bonds. The van der Waals surface area contributed by atoms with Crippen LogP contribution in [0.2, 0.25) is 0 Å². The number of hydrogen-bond acceptors (Lipinski definition) is 6. The molecule has 0 aliphatic carbocycles. The van der Waals surface area contributed by atoms with Crippen molar-refractivity contribution in [3.05, 3.63) is 47.2 Å². The number of halogens is 2. The minimum atomic E-state index is -0.564. The van der Waals surface area contributed by atoms with Crippen LogP contribution in [0.25, 0.3) is 0 Å². The second kappa shape index (κ2) is 8.31. The molecule has 5 nitrogen and oxygen atoms in total. The van der Waals surface area contributed by atoms with Crippen molar-refractivity contribution in [3.63, 3.8) is 0 Å². The molecule has 1 fully saturated rings. The Morgan fingerprint density at radius 2 is 1.74 bits per heavy atom. The highest BCUT2D eigenvalue weighted by molar-refractivity contribution is 7.81. The molecule has 2 aromatic rings. The normalized spacial score (nSPS) is 15.1. The summed E-state index contributed by atoms with van der Waals surface area (Å²) in [7, 11) is 1.59. The number of anilines is 2. The molecule has 0 atom stereocenters. The van der Waals surface area contributed by atoms with Crippen LogP contribution >= 0.6 is 12.8 Å². The highest BCUT2D eigenvalue weighted by atomic mass is 32.1. The van der Waals surface area contributed by atoms with E-state index in [0.717, 1.165) is 29.4 Å². The lowest BCUT2D eigenvalue weighted by atomic mass is 10.1. The molecule has 0 radical (unpaired) electrons. The van der Waals surface area contributed by atoms with E-state index in [-0.39, 0.29) is 0 Å². The Kier molecular flexibility index (Phi) is 6.06. The van der Waals surface area contributed by atoms with Crippen LogP contribution in [0.1, 0.15) is 18.2 Å². The van der Waals surface area contributed by atoms with E-state index in [9.17, 15) is 8.78 Å². The zero-order valence-corrected chi connectivity index (χ0v) is 16.6. The Balaban J connectivity index is 1.74. The van der Waals surface area contributed by atoms with E-state index in [2.05, 4.69) is 29.7 Å². The number of ether oxygens (including phenoxy) is 1. The summed E-state index contributed by atoms with van der Waals surface area (Å²) in [6, 6.07) is 5.65. The number of hydrogen-bond donors (Lipinski definition) is 1. The topological polar surface area (TPSA) is 31.8 Å². The van der Waals surface area contributed by atoms with Gasteiger partial charge in [-0.25, -0.2) is 23.2 Å². The van der Waals surface area contributed by atoms with E-state index >= 15 is 0 Å². The van der Waals surface area contributed by atoms with Gasteiger partial charge in [-0.15, -0.1) is 0 Å². The van der Waals surface area contributed by atoms with Gasteiger partial charge in [0.1, 0.15) is 17.3 Å². The Labute approximate surface area is 164 Å². The van der Waals surface area contributed by atoms with Gasteiger partial charge < -0.3 is 9.64 Å². The number of methoxy groups -OCH3 is 1. The van der Waals surface area contributed by atoms with Crippen molar-refractivity contribution in [2.75, 3.05) is 42.6 Å². The fourth-order valence-electron chi connectivity index (χ4n) is 3.28. The van der Waals surface area contributed by atoms with Gasteiger partial charge in [-0.2, -0.15) is 0 Å². The minimum Gasteiger partial charge on any atom is -0.479 e. The molecular weight excluding hydrogens is 370 g/mol. The van der Waals surface area contributed by atoms with Gasteiger partial charge >= 0.3 is 0 Å². The molecular formula is C19H24F2N4OS. The van der Waals surface area contributed by atoms with Gasteiger partial charge in [-0.3, -0.25) is 0 Å². The molecule has 0 bridgehead atoms. The van der Waals surface area contributed by atoms with E-state index in [4.69, 9.17) is 4.74 Å². The Hall–Kier alpha value is -2.06. The maximum atomic E-state index is 13.5. The second-order valence-electron chi connectivity index (χ2n) is 6.47. The summed E-state index contributed by atoms with van der Waals surface area (Å²) < 4.78 is 34.1. The minimum absolute atomic E-state index is 0.523. The first kappa shape index (κ1) is 19.7. The first-order chi connectivity index (χ1) is 12.9. The SMILES string of the molecule is CCc1cc(N(S)N2CCN(c3cc(F)cc(F)c3)CC2)c(OC)nc1C. The third-order valence-corrected chi connectivity index (χ3v) is 5.26. The van der Waals surface area contributed by atoms with Gasteiger partial charge in [-0.1, -0.05) is 6.92 Å². The van der Waals surface area contributed by atoms with Crippen molar-refractivity contribution >= 4 is 24.2 Å². The van der Waals surface area contributed by atoms with Crippen molar-refractivity contribution in [2.45, 2.75) is 20.3 Å². The van der Waals surface area contributed by atoms with Gasteiger partial charge in [0.25, 0.3) is 0 Å². The molecule has 1 aliphatic rings. The van der Waals surface area contributed by atoms with Crippen molar-refractivity contribution < 1.29 is 13.5 Å². The second-order valence-corrected chi connectivity index (χ2v) is 6.85. The van der Waals surface area contributed by atoms with Crippen molar-refractivity contribution in [3.8, 4) is 5.88 Å². The highest BCUT2D eigenvalue weighted by Crippen LogP contribution is 2.32. The average molecular weight is 394 g/mol. The molecule has 0 N–H and O–H groups in total. The number of hydrazine groups is 1. The summed E-state index contributed by atoms with van der Waals surface area (Å²) in [5.41, 5.74) is 3.42. The molecule has 1 aromatic carbocycles. The van der Waals surface area contributed by atoms with Gasteiger partial charge in [-0.05, 0) is 49.9 Å². The standard InChI is InChI=1S/C19H24F2N4OS/c1-4-14-9-18(19(26-3)22-13(14)2)25(27)24-7-5-23(6-8-24)17-11-15(20)10-16(21)12-17/h9-12,27H,4-8H2,1-3H3. The highest BCUT2D eigenvalue weighted by Gasteiger charge is 2.24. The fraction of sp³-hybridized carbons (Fsp3) is 0.421. The molecule has 27 heavy (non-hydrogen) atoms.